The first kappa shape index (κ1) is 22.6. The number of nitrogens with one attached hydrogen (secondary N) is 2. The third-order valence-corrected chi connectivity index (χ3v) is 6.42. The van der Waals surface area contributed by atoms with Crippen LogP contribution in [-0.2, 0) is 6.54 Å². The summed E-state index contributed by atoms with van der Waals surface area (Å²) < 4.78 is 5.44. The van der Waals surface area contributed by atoms with Gasteiger partial charge in [0, 0.05) is 42.7 Å². The quantitative estimate of drug-likeness (QED) is 0.493. The van der Waals surface area contributed by atoms with Gasteiger partial charge in [-0.1, -0.05) is 29.8 Å². The number of rotatable bonds is 8. The first-order valence-corrected chi connectivity index (χ1v) is 11.6. The molecule has 0 radical (unpaired) electrons. The number of methoxy groups -OCH3 is 1. The molecule has 2 N–H and O–H groups in total. The van der Waals surface area contributed by atoms with E-state index in [4.69, 9.17) is 26.3 Å². The summed E-state index contributed by atoms with van der Waals surface area (Å²) in [6, 6.07) is 14.4. The average molecular weight is 454 g/mol. The van der Waals surface area contributed by atoms with Gasteiger partial charge >= 0.3 is 0 Å². The lowest BCUT2D eigenvalue weighted by atomic mass is 9.86. The molecular formula is C25H32ClN5O. The molecule has 170 valence electrons. The van der Waals surface area contributed by atoms with Crippen molar-refractivity contribution in [2.24, 2.45) is 5.92 Å². The SMILES string of the molecule is COc1cc(Cl)ccc1CNC[C@H]1CC[C@@H](Nc2nc(N(C)C)c3ccccc3n2)CC1. The first-order chi connectivity index (χ1) is 15.5. The molecule has 0 unspecified atom stereocenters. The van der Waals surface area contributed by atoms with E-state index in [-0.39, 0.29) is 0 Å². The molecule has 6 nitrogen and oxygen atoms in total. The van der Waals surface area contributed by atoms with E-state index in [1.807, 2.05) is 55.4 Å². The van der Waals surface area contributed by atoms with Gasteiger partial charge in [-0.25, -0.2) is 4.98 Å². The molecule has 1 fully saturated rings. The minimum absolute atomic E-state index is 0.416. The average Bonchev–Trinajstić information content (AvgIpc) is 2.80. The molecule has 1 heterocycles. The summed E-state index contributed by atoms with van der Waals surface area (Å²) in [4.78, 5) is 11.6. The van der Waals surface area contributed by atoms with E-state index in [1.54, 1.807) is 7.11 Å². The number of nitrogens with zero attached hydrogens (tertiary/aromatic N) is 3. The summed E-state index contributed by atoms with van der Waals surface area (Å²) in [7, 11) is 5.73. The summed E-state index contributed by atoms with van der Waals surface area (Å²) in [5.41, 5.74) is 2.11. The summed E-state index contributed by atoms with van der Waals surface area (Å²) in [5.74, 6) is 3.20. The van der Waals surface area contributed by atoms with Crippen molar-refractivity contribution >= 4 is 34.3 Å². The number of hydrogen-bond acceptors (Lipinski definition) is 6. The Labute approximate surface area is 195 Å². The minimum Gasteiger partial charge on any atom is -0.496 e. The van der Waals surface area contributed by atoms with Crippen LogP contribution in [0.5, 0.6) is 5.75 Å². The molecule has 0 saturated heterocycles. The van der Waals surface area contributed by atoms with Crippen molar-refractivity contribution in [3.05, 3.63) is 53.1 Å². The molecule has 0 aliphatic heterocycles. The van der Waals surface area contributed by atoms with Gasteiger partial charge in [-0.2, -0.15) is 4.98 Å². The zero-order valence-corrected chi connectivity index (χ0v) is 19.8. The summed E-state index contributed by atoms with van der Waals surface area (Å²) >= 11 is 6.06. The molecule has 0 bridgehead atoms. The highest BCUT2D eigenvalue weighted by Gasteiger charge is 2.22. The number of fused-ring (bicyclic) bond motifs is 1. The standard InChI is InChI=1S/C25H32ClN5O/c1-31(2)24-21-6-4-5-7-22(21)29-25(30-24)28-20-12-8-17(9-13-20)15-27-16-18-10-11-19(26)14-23(18)32-3/h4-7,10-11,14,17,20,27H,8-9,12-13,15-16H2,1-3H3,(H,28,29,30)/t17-,20+. The first-order valence-electron chi connectivity index (χ1n) is 11.3. The van der Waals surface area contributed by atoms with Crippen LogP contribution in [0.15, 0.2) is 42.5 Å². The maximum absolute atomic E-state index is 6.06. The molecular weight excluding hydrogens is 422 g/mol. The van der Waals surface area contributed by atoms with Crippen LogP contribution in [0.25, 0.3) is 10.9 Å². The predicted molar refractivity (Wildman–Crippen MR) is 133 cm³/mol. The molecule has 1 aliphatic rings. The van der Waals surface area contributed by atoms with E-state index in [9.17, 15) is 0 Å². The zero-order valence-electron chi connectivity index (χ0n) is 19.1. The molecule has 7 heteroatoms. The Morgan fingerprint density at radius 1 is 1.06 bits per heavy atom. The number of aromatic nitrogens is 2. The summed E-state index contributed by atoms with van der Waals surface area (Å²) in [5, 5.41) is 8.97. The fraction of sp³-hybridized carbons (Fsp3) is 0.440. The van der Waals surface area contributed by atoms with Crippen LogP contribution < -0.4 is 20.3 Å². The van der Waals surface area contributed by atoms with E-state index in [0.717, 1.165) is 59.9 Å². The molecule has 0 spiro atoms. The molecule has 0 amide bonds. The number of ether oxygens (including phenoxy) is 1. The predicted octanol–water partition coefficient (Wildman–Crippen LogP) is 5.12. The Bertz CT molecular complexity index is 1050. The van der Waals surface area contributed by atoms with Crippen LogP contribution in [0.4, 0.5) is 11.8 Å². The van der Waals surface area contributed by atoms with Gasteiger partial charge in [-0.05, 0) is 62.4 Å². The topological polar surface area (TPSA) is 62.3 Å². The van der Waals surface area contributed by atoms with Gasteiger partial charge < -0.3 is 20.3 Å². The largest absolute Gasteiger partial charge is 0.496 e. The second kappa shape index (κ2) is 10.4. The number of benzene rings is 2. The van der Waals surface area contributed by atoms with E-state index >= 15 is 0 Å². The third-order valence-electron chi connectivity index (χ3n) is 6.18. The second-order valence-electron chi connectivity index (χ2n) is 8.73. The minimum atomic E-state index is 0.416. The van der Waals surface area contributed by atoms with Gasteiger partial charge in [-0.3, -0.25) is 0 Å². The van der Waals surface area contributed by atoms with Crippen LogP contribution in [0.2, 0.25) is 5.02 Å². The smallest absolute Gasteiger partial charge is 0.225 e. The van der Waals surface area contributed by atoms with Crippen LogP contribution in [-0.4, -0.2) is 43.8 Å². The lowest BCUT2D eigenvalue weighted by Gasteiger charge is -2.29. The highest BCUT2D eigenvalue weighted by molar-refractivity contribution is 6.30. The van der Waals surface area contributed by atoms with Gasteiger partial charge in [0.2, 0.25) is 5.95 Å². The Balaban J connectivity index is 1.29. The maximum Gasteiger partial charge on any atom is 0.225 e. The Hall–Kier alpha value is -2.57. The van der Waals surface area contributed by atoms with Crippen molar-refractivity contribution in [3.8, 4) is 5.75 Å². The Morgan fingerprint density at radius 3 is 2.59 bits per heavy atom. The number of para-hydroxylation sites is 1. The van der Waals surface area contributed by atoms with Crippen molar-refractivity contribution in [1.29, 1.82) is 0 Å². The van der Waals surface area contributed by atoms with Crippen molar-refractivity contribution in [3.63, 3.8) is 0 Å². The molecule has 0 atom stereocenters. The zero-order chi connectivity index (χ0) is 22.5. The van der Waals surface area contributed by atoms with Gasteiger partial charge in [0.25, 0.3) is 0 Å². The highest BCUT2D eigenvalue weighted by atomic mass is 35.5. The molecule has 2 aromatic carbocycles. The fourth-order valence-electron chi connectivity index (χ4n) is 4.43. The summed E-state index contributed by atoms with van der Waals surface area (Å²) in [6.07, 6.45) is 4.64. The van der Waals surface area contributed by atoms with E-state index in [1.165, 1.54) is 12.8 Å². The fourth-order valence-corrected chi connectivity index (χ4v) is 4.60. The lowest BCUT2D eigenvalue weighted by Crippen LogP contribution is -2.31. The van der Waals surface area contributed by atoms with Crippen molar-refractivity contribution in [2.75, 3.05) is 38.0 Å². The molecule has 1 saturated carbocycles. The van der Waals surface area contributed by atoms with E-state index in [2.05, 4.69) is 16.7 Å². The summed E-state index contributed by atoms with van der Waals surface area (Å²) in [6.45, 7) is 1.80. The van der Waals surface area contributed by atoms with Crippen LogP contribution in [0.1, 0.15) is 31.2 Å². The van der Waals surface area contributed by atoms with Gasteiger partial charge in [-0.15, -0.1) is 0 Å². The lowest BCUT2D eigenvalue weighted by molar-refractivity contribution is 0.322. The molecule has 32 heavy (non-hydrogen) atoms. The van der Waals surface area contributed by atoms with Crippen molar-refractivity contribution in [2.45, 2.75) is 38.3 Å². The van der Waals surface area contributed by atoms with Crippen molar-refractivity contribution in [1.82, 2.24) is 15.3 Å². The molecule has 1 aliphatic carbocycles. The number of halogens is 1. The molecule has 3 aromatic rings. The maximum atomic E-state index is 6.06. The Kier molecular flexibility index (Phi) is 7.33. The monoisotopic (exact) mass is 453 g/mol. The number of hydrogen-bond donors (Lipinski definition) is 2. The van der Waals surface area contributed by atoms with Crippen LogP contribution >= 0.6 is 11.6 Å². The van der Waals surface area contributed by atoms with Crippen LogP contribution in [0, 0.1) is 5.92 Å². The highest BCUT2D eigenvalue weighted by Crippen LogP contribution is 2.28. The number of anilines is 2. The molecule has 1 aromatic heterocycles. The second-order valence-corrected chi connectivity index (χ2v) is 9.17. The van der Waals surface area contributed by atoms with Gasteiger partial charge in [0.15, 0.2) is 0 Å². The Morgan fingerprint density at radius 2 is 1.84 bits per heavy atom. The van der Waals surface area contributed by atoms with Crippen LogP contribution in [0.3, 0.4) is 0 Å². The van der Waals surface area contributed by atoms with E-state index in [0.29, 0.717) is 17.0 Å². The molecule has 4 rings (SSSR count). The normalized spacial score (nSPS) is 18.5. The van der Waals surface area contributed by atoms with Crippen molar-refractivity contribution < 1.29 is 4.74 Å². The van der Waals surface area contributed by atoms with Gasteiger partial charge in [0.05, 0.1) is 12.6 Å². The third kappa shape index (κ3) is 5.43. The van der Waals surface area contributed by atoms with E-state index < -0.39 is 0 Å². The van der Waals surface area contributed by atoms with Gasteiger partial charge in [0.1, 0.15) is 11.6 Å².